The number of hydrogen-bond acceptors (Lipinski definition) is 6. The summed E-state index contributed by atoms with van der Waals surface area (Å²) in [5.41, 5.74) is 1.71. The number of ketones is 2. The number of hydrogen-bond donors (Lipinski definition) is 1. The fraction of sp³-hybridized carbons (Fsp3) is 0.296. The van der Waals surface area contributed by atoms with Crippen molar-refractivity contribution < 1.29 is 14.4 Å². The number of amides is 1. The van der Waals surface area contributed by atoms with E-state index in [0.717, 1.165) is 20.8 Å². The van der Waals surface area contributed by atoms with E-state index in [-0.39, 0.29) is 41.9 Å². The molecule has 6 nitrogen and oxygen atoms in total. The summed E-state index contributed by atoms with van der Waals surface area (Å²) in [6.07, 6.45) is 1.38. The monoisotopic (exact) mass is 507 g/mol. The Bertz CT molecular complexity index is 1280. The number of allylic oxidation sites excluding steroid dienone is 1. The Kier molecular flexibility index (Phi) is 9.30. The van der Waals surface area contributed by atoms with Crippen molar-refractivity contribution in [3.63, 3.8) is 0 Å². The number of nitrogens with one attached hydrogen (secondary N) is 1. The lowest BCUT2D eigenvalue weighted by molar-refractivity contribution is -0.129. The van der Waals surface area contributed by atoms with Crippen LogP contribution in [0.2, 0.25) is 5.02 Å². The summed E-state index contributed by atoms with van der Waals surface area (Å²) in [5.74, 6) is -1.28. The van der Waals surface area contributed by atoms with Crippen molar-refractivity contribution in [1.29, 1.82) is 5.26 Å². The zero-order chi connectivity index (χ0) is 25.4. The first-order valence-corrected chi connectivity index (χ1v) is 12.5. The van der Waals surface area contributed by atoms with E-state index >= 15 is 0 Å². The Morgan fingerprint density at radius 2 is 1.91 bits per heavy atom. The normalized spacial score (nSPS) is 12.5. The fourth-order valence-electron chi connectivity index (χ4n) is 3.81. The number of halogens is 1. The predicted molar refractivity (Wildman–Crippen MR) is 138 cm³/mol. The van der Waals surface area contributed by atoms with E-state index in [1.54, 1.807) is 12.1 Å². The Hall–Kier alpha value is -3.34. The van der Waals surface area contributed by atoms with Crippen molar-refractivity contribution in [2.45, 2.75) is 45.1 Å². The maximum Gasteiger partial charge on any atom is 0.224 e. The molecule has 0 unspecified atom stereocenters. The molecular formula is C27H26ClN3O3S. The maximum atomic E-state index is 13.3. The van der Waals surface area contributed by atoms with Gasteiger partial charge in [-0.3, -0.25) is 9.59 Å². The Balaban J connectivity index is 1.76. The Morgan fingerprint density at radius 3 is 2.60 bits per heavy atom. The van der Waals surface area contributed by atoms with Gasteiger partial charge in [-0.05, 0) is 43.5 Å². The summed E-state index contributed by atoms with van der Waals surface area (Å²) in [6, 6.07) is 16.5. The zero-order valence-corrected chi connectivity index (χ0v) is 21.0. The summed E-state index contributed by atoms with van der Waals surface area (Å²) >= 11 is 7.53. The molecule has 8 heteroatoms. The zero-order valence-electron chi connectivity index (χ0n) is 19.4. The third kappa shape index (κ3) is 7.84. The van der Waals surface area contributed by atoms with E-state index in [1.165, 1.54) is 18.3 Å². The molecule has 3 rings (SSSR count). The van der Waals surface area contributed by atoms with Gasteiger partial charge in [0, 0.05) is 30.3 Å². The number of carbonyl (C=O) groups is 3. The molecular weight excluding hydrogens is 482 g/mol. The molecule has 0 saturated carbocycles. The molecule has 0 aliphatic heterocycles. The van der Waals surface area contributed by atoms with Gasteiger partial charge < -0.3 is 10.1 Å². The lowest BCUT2D eigenvalue weighted by Gasteiger charge is -2.22. The topological polar surface area (TPSA) is 99.9 Å². The summed E-state index contributed by atoms with van der Waals surface area (Å²) in [7, 11) is 0. The van der Waals surface area contributed by atoms with Crippen molar-refractivity contribution in [1.82, 2.24) is 10.3 Å². The molecule has 0 aliphatic carbocycles. The van der Waals surface area contributed by atoms with Gasteiger partial charge in [-0.1, -0.05) is 48.5 Å². The van der Waals surface area contributed by atoms with E-state index in [4.69, 9.17) is 16.9 Å². The number of rotatable bonds is 12. The quantitative estimate of drug-likeness (QED) is 0.267. The molecule has 0 aliphatic rings. The first-order chi connectivity index (χ1) is 16.7. The van der Waals surface area contributed by atoms with Crippen LogP contribution in [0.5, 0.6) is 0 Å². The van der Waals surface area contributed by atoms with E-state index in [9.17, 15) is 14.4 Å². The van der Waals surface area contributed by atoms with Gasteiger partial charge in [-0.15, -0.1) is 11.3 Å². The Labute approximate surface area is 213 Å². The van der Waals surface area contributed by atoms with Crippen molar-refractivity contribution in [2.24, 2.45) is 5.92 Å². The number of Topliss-reactive ketones (excluding diaryl/α,β-unsaturated/α-hetero) is 2. The summed E-state index contributed by atoms with van der Waals surface area (Å²) in [6.45, 7) is 4.94. The molecule has 180 valence electrons. The van der Waals surface area contributed by atoms with E-state index in [0.29, 0.717) is 24.3 Å². The second-order valence-electron chi connectivity index (χ2n) is 8.47. The number of benzene rings is 2. The lowest BCUT2D eigenvalue weighted by Crippen LogP contribution is -2.41. The highest BCUT2D eigenvalue weighted by Gasteiger charge is 2.25. The second-order valence-corrected chi connectivity index (χ2v) is 10.0. The molecule has 0 radical (unpaired) electrons. The molecule has 1 amide bonds. The number of nitrogens with zero attached hydrogens (tertiary/aromatic N) is 2. The third-order valence-electron chi connectivity index (χ3n) is 5.58. The van der Waals surface area contributed by atoms with E-state index in [1.807, 2.05) is 42.5 Å². The highest BCUT2D eigenvalue weighted by atomic mass is 35.5. The van der Waals surface area contributed by atoms with Gasteiger partial charge in [0.05, 0.1) is 26.7 Å². The predicted octanol–water partition coefficient (Wildman–Crippen LogP) is 5.24. The molecule has 0 bridgehead atoms. The van der Waals surface area contributed by atoms with Crippen molar-refractivity contribution >= 4 is 50.6 Å². The number of thiazole rings is 1. The van der Waals surface area contributed by atoms with Crippen LogP contribution in [-0.2, 0) is 27.2 Å². The van der Waals surface area contributed by atoms with Gasteiger partial charge in [0.1, 0.15) is 11.9 Å². The van der Waals surface area contributed by atoms with Crippen LogP contribution in [0.3, 0.4) is 0 Å². The minimum absolute atomic E-state index is 0.0880. The van der Waals surface area contributed by atoms with E-state index in [2.05, 4.69) is 16.9 Å². The lowest BCUT2D eigenvalue weighted by atomic mass is 9.95. The van der Waals surface area contributed by atoms with Crippen LogP contribution < -0.4 is 5.32 Å². The number of fused-ring (bicyclic) bond motifs is 1. The molecule has 0 saturated heterocycles. The standard InChI is InChI=1S/C27H26ClN3O3S/c1-17(16-29)24(33)11-9-22(13-19-6-4-3-5-7-19)30-27(34)20(12-18(2)32)14-26-31-23-10-8-21(28)15-25(23)35-26/h3-8,10,15,20,22H,1,9,11-14H2,2H3,(H,30,34)/t20-,22+/m0/s1. The van der Waals surface area contributed by atoms with Crippen molar-refractivity contribution in [2.75, 3.05) is 0 Å². The number of aromatic nitrogens is 1. The molecule has 35 heavy (non-hydrogen) atoms. The summed E-state index contributed by atoms with van der Waals surface area (Å²) in [5, 5.41) is 13.3. The molecule has 1 aromatic heterocycles. The van der Waals surface area contributed by atoms with Gasteiger partial charge in [0.15, 0.2) is 5.78 Å². The molecule has 2 aromatic carbocycles. The van der Waals surface area contributed by atoms with Crippen LogP contribution in [0, 0.1) is 17.2 Å². The average Bonchev–Trinajstić information content (AvgIpc) is 3.23. The number of nitriles is 1. The smallest absolute Gasteiger partial charge is 0.224 e. The van der Waals surface area contributed by atoms with Crippen molar-refractivity contribution in [3.8, 4) is 6.07 Å². The van der Waals surface area contributed by atoms with Gasteiger partial charge in [-0.25, -0.2) is 4.98 Å². The third-order valence-corrected chi connectivity index (χ3v) is 6.86. The van der Waals surface area contributed by atoms with Crippen LogP contribution in [0.25, 0.3) is 10.2 Å². The van der Waals surface area contributed by atoms with Crippen LogP contribution in [-0.4, -0.2) is 28.5 Å². The number of carbonyl (C=O) groups excluding carboxylic acids is 3. The van der Waals surface area contributed by atoms with Gasteiger partial charge >= 0.3 is 0 Å². The highest BCUT2D eigenvalue weighted by molar-refractivity contribution is 7.18. The van der Waals surface area contributed by atoms with Crippen molar-refractivity contribution in [3.05, 3.63) is 76.3 Å². The molecule has 2 atom stereocenters. The highest BCUT2D eigenvalue weighted by Crippen LogP contribution is 2.27. The molecule has 1 N–H and O–H groups in total. The van der Waals surface area contributed by atoms with E-state index < -0.39 is 5.92 Å². The molecule has 0 fully saturated rings. The molecule has 0 spiro atoms. The van der Waals surface area contributed by atoms with Gasteiger partial charge in [0.25, 0.3) is 0 Å². The van der Waals surface area contributed by atoms with Crippen LogP contribution in [0.4, 0.5) is 0 Å². The Morgan fingerprint density at radius 1 is 1.17 bits per heavy atom. The SMILES string of the molecule is C=C(C#N)C(=O)CC[C@H](Cc1ccccc1)NC(=O)[C@@H](CC(C)=O)Cc1nc2ccc(Cl)cc2s1. The van der Waals surface area contributed by atoms with Crippen LogP contribution >= 0.6 is 22.9 Å². The minimum atomic E-state index is -0.591. The van der Waals surface area contributed by atoms with Crippen LogP contribution in [0.1, 0.15) is 36.8 Å². The average molecular weight is 508 g/mol. The maximum absolute atomic E-state index is 13.3. The minimum Gasteiger partial charge on any atom is -0.353 e. The summed E-state index contributed by atoms with van der Waals surface area (Å²) in [4.78, 5) is 42.0. The largest absolute Gasteiger partial charge is 0.353 e. The molecule has 3 aromatic rings. The van der Waals surface area contributed by atoms with Gasteiger partial charge in [-0.2, -0.15) is 5.26 Å². The first kappa shape index (κ1) is 26.3. The fourth-order valence-corrected chi connectivity index (χ4v) is 5.13. The van der Waals surface area contributed by atoms with Crippen LogP contribution in [0.15, 0.2) is 60.7 Å². The molecule has 1 heterocycles. The van der Waals surface area contributed by atoms with Gasteiger partial charge in [0.2, 0.25) is 5.91 Å². The second kappa shape index (κ2) is 12.4. The first-order valence-electron chi connectivity index (χ1n) is 11.3. The summed E-state index contributed by atoms with van der Waals surface area (Å²) < 4.78 is 0.924.